The monoisotopic (exact) mass is 448 g/mol. The van der Waals surface area contributed by atoms with Gasteiger partial charge in [0.15, 0.2) is 0 Å². The highest BCUT2D eigenvalue weighted by Crippen LogP contribution is 2.22. The standard InChI is InChI=1S/C23H28N8O2/c1-28-20-14-18(8-12-29-10-5-11-29)26-31(20)13-9-19(23(28)33)25-22(32)21-24-16-30(27-21)15-17-6-3-2-4-7-17/h2-4,6-7,14,16,19H,5,8-13,15H2,1H3,(H,25,32)/t19-/m1/s1. The average Bonchev–Trinajstić information content (AvgIpc) is 3.40. The lowest BCUT2D eigenvalue weighted by Crippen LogP contribution is -2.47. The van der Waals surface area contributed by atoms with Gasteiger partial charge in [0.25, 0.3) is 11.8 Å². The lowest BCUT2D eigenvalue weighted by atomic mass is 10.2. The number of aromatic nitrogens is 5. The van der Waals surface area contributed by atoms with Crippen LogP contribution in [0.15, 0.2) is 42.7 Å². The number of amides is 2. The van der Waals surface area contributed by atoms with Crippen molar-refractivity contribution < 1.29 is 9.59 Å². The Hall–Kier alpha value is -3.53. The van der Waals surface area contributed by atoms with E-state index in [-0.39, 0.29) is 11.7 Å². The summed E-state index contributed by atoms with van der Waals surface area (Å²) in [4.78, 5) is 33.9. The fraction of sp³-hybridized carbons (Fsp3) is 0.435. The Morgan fingerprint density at radius 3 is 2.73 bits per heavy atom. The maximum atomic E-state index is 13.1. The highest BCUT2D eigenvalue weighted by Gasteiger charge is 2.31. The van der Waals surface area contributed by atoms with Crippen molar-refractivity contribution in [2.45, 2.75) is 38.4 Å². The van der Waals surface area contributed by atoms with Crippen LogP contribution in [0.1, 0.15) is 34.7 Å². The Labute approximate surface area is 192 Å². The van der Waals surface area contributed by atoms with Gasteiger partial charge in [0.05, 0.1) is 12.2 Å². The smallest absolute Gasteiger partial charge is 0.291 e. The molecule has 1 aromatic carbocycles. The van der Waals surface area contributed by atoms with Crippen LogP contribution in [0, 0.1) is 0 Å². The molecule has 10 heteroatoms. The van der Waals surface area contributed by atoms with Gasteiger partial charge in [-0.1, -0.05) is 30.3 Å². The minimum atomic E-state index is -0.658. The zero-order valence-corrected chi connectivity index (χ0v) is 18.7. The number of likely N-dealkylation sites (N-methyl/N-ethyl adjacent to an activating group) is 1. The SMILES string of the molecule is CN1C(=O)[C@H](NC(=O)c2ncn(Cc3ccccc3)n2)CCn2nc(CCN3CCC3)cc21. The number of hydrogen-bond acceptors (Lipinski definition) is 6. The predicted molar refractivity (Wildman–Crippen MR) is 122 cm³/mol. The van der Waals surface area contributed by atoms with Gasteiger partial charge in [-0.3, -0.25) is 14.5 Å². The van der Waals surface area contributed by atoms with Crippen LogP contribution in [-0.2, 0) is 24.3 Å². The Balaban J connectivity index is 1.21. The van der Waals surface area contributed by atoms with Crippen LogP contribution in [0.5, 0.6) is 0 Å². The number of likely N-dealkylation sites (tertiary alicyclic amines) is 1. The van der Waals surface area contributed by atoms with E-state index in [4.69, 9.17) is 5.10 Å². The largest absolute Gasteiger partial charge is 0.337 e. The molecule has 1 saturated heterocycles. The molecule has 2 amide bonds. The number of hydrogen-bond donors (Lipinski definition) is 1. The molecule has 0 radical (unpaired) electrons. The summed E-state index contributed by atoms with van der Waals surface area (Å²) >= 11 is 0. The number of aryl methyl sites for hydroxylation is 1. The molecule has 1 N–H and O–H groups in total. The number of nitrogens with zero attached hydrogens (tertiary/aromatic N) is 7. The molecule has 4 heterocycles. The molecule has 0 spiro atoms. The Morgan fingerprint density at radius 1 is 1.15 bits per heavy atom. The molecule has 1 fully saturated rings. The minimum absolute atomic E-state index is 0.0525. The number of benzene rings is 1. The van der Waals surface area contributed by atoms with Crippen molar-refractivity contribution >= 4 is 17.6 Å². The zero-order valence-electron chi connectivity index (χ0n) is 18.7. The van der Waals surface area contributed by atoms with Crippen LogP contribution in [-0.4, -0.2) is 74.0 Å². The van der Waals surface area contributed by atoms with Gasteiger partial charge in [0, 0.05) is 32.6 Å². The number of anilines is 1. The van der Waals surface area contributed by atoms with Gasteiger partial charge in [-0.2, -0.15) is 5.10 Å². The number of nitrogens with one attached hydrogen (secondary N) is 1. The van der Waals surface area contributed by atoms with E-state index < -0.39 is 11.9 Å². The van der Waals surface area contributed by atoms with Crippen molar-refractivity contribution in [1.82, 2.24) is 34.8 Å². The molecular formula is C23H28N8O2. The topological polar surface area (TPSA) is 101 Å². The molecule has 172 valence electrons. The second-order valence-electron chi connectivity index (χ2n) is 8.63. The van der Waals surface area contributed by atoms with Crippen LogP contribution < -0.4 is 10.2 Å². The normalized spacial score (nSPS) is 18.5. The number of rotatable bonds is 7. The maximum Gasteiger partial charge on any atom is 0.291 e. The van der Waals surface area contributed by atoms with E-state index >= 15 is 0 Å². The summed E-state index contributed by atoms with van der Waals surface area (Å²) in [6, 6.07) is 11.2. The molecule has 3 aromatic rings. The third-order valence-corrected chi connectivity index (χ3v) is 6.28. The first kappa shape index (κ1) is 21.3. The van der Waals surface area contributed by atoms with Crippen molar-refractivity contribution in [2.75, 3.05) is 31.6 Å². The third-order valence-electron chi connectivity index (χ3n) is 6.28. The summed E-state index contributed by atoms with van der Waals surface area (Å²) in [7, 11) is 1.73. The second kappa shape index (κ2) is 9.14. The molecule has 0 aliphatic carbocycles. The summed E-state index contributed by atoms with van der Waals surface area (Å²) in [5.74, 6) is 0.195. The van der Waals surface area contributed by atoms with Crippen molar-refractivity contribution in [2.24, 2.45) is 0 Å². The molecule has 2 aliphatic rings. The van der Waals surface area contributed by atoms with E-state index in [1.165, 1.54) is 12.7 Å². The van der Waals surface area contributed by atoms with Crippen molar-refractivity contribution in [3.63, 3.8) is 0 Å². The van der Waals surface area contributed by atoms with Crippen LogP contribution in [0.2, 0.25) is 0 Å². The molecule has 5 rings (SSSR count). The lowest BCUT2D eigenvalue weighted by Gasteiger charge is -2.30. The Kier molecular flexibility index (Phi) is 5.91. The van der Waals surface area contributed by atoms with E-state index in [2.05, 4.69) is 20.3 Å². The van der Waals surface area contributed by atoms with Crippen LogP contribution >= 0.6 is 0 Å². The summed E-state index contributed by atoms with van der Waals surface area (Å²) in [5.41, 5.74) is 2.06. The van der Waals surface area contributed by atoms with E-state index in [0.717, 1.165) is 43.1 Å². The molecule has 10 nitrogen and oxygen atoms in total. The van der Waals surface area contributed by atoms with Crippen molar-refractivity contribution in [1.29, 1.82) is 0 Å². The van der Waals surface area contributed by atoms with Gasteiger partial charge in [0.2, 0.25) is 5.82 Å². The zero-order chi connectivity index (χ0) is 22.8. The first-order valence-corrected chi connectivity index (χ1v) is 11.4. The van der Waals surface area contributed by atoms with Gasteiger partial charge in [-0.15, -0.1) is 5.10 Å². The lowest BCUT2D eigenvalue weighted by molar-refractivity contribution is -0.120. The summed E-state index contributed by atoms with van der Waals surface area (Å²) < 4.78 is 3.48. The summed E-state index contributed by atoms with van der Waals surface area (Å²) in [6.07, 6.45) is 4.13. The molecule has 1 atom stereocenters. The highest BCUT2D eigenvalue weighted by molar-refractivity contribution is 6.00. The van der Waals surface area contributed by atoms with Gasteiger partial charge in [0.1, 0.15) is 18.2 Å². The molecule has 0 unspecified atom stereocenters. The highest BCUT2D eigenvalue weighted by atomic mass is 16.2. The molecular weight excluding hydrogens is 420 g/mol. The number of fused-ring (bicyclic) bond motifs is 1. The van der Waals surface area contributed by atoms with E-state index in [0.29, 0.717) is 19.5 Å². The first-order valence-electron chi connectivity index (χ1n) is 11.4. The Bertz CT molecular complexity index is 1130. The molecule has 2 aliphatic heterocycles. The number of carbonyl (C=O) groups excluding carboxylic acids is 2. The second-order valence-corrected chi connectivity index (χ2v) is 8.63. The van der Waals surface area contributed by atoms with Crippen LogP contribution in [0.25, 0.3) is 0 Å². The maximum absolute atomic E-state index is 13.1. The van der Waals surface area contributed by atoms with Gasteiger partial charge >= 0.3 is 0 Å². The molecule has 33 heavy (non-hydrogen) atoms. The van der Waals surface area contributed by atoms with E-state index in [1.807, 2.05) is 41.1 Å². The third kappa shape index (κ3) is 4.65. The van der Waals surface area contributed by atoms with E-state index in [1.54, 1.807) is 16.6 Å². The van der Waals surface area contributed by atoms with Crippen molar-refractivity contribution in [3.05, 3.63) is 59.8 Å². The predicted octanol–water partition coefficient (Wildman–Crippen LogP) is 0.936. The van der Waals surface area contributed by atoms with Crippen LogP contribution in [0.4, 0.5) is 5.82 Å². The molecule has 0 saturated carbocycles. The fourth-order valence-corrected chi connectivity index (χ4v) is 4.22. The molecule has 2 aromatic heterocycles. The number of carbonyl (C=O) groups is 2. The van der Waals surface area contributed by atoms with Gasteiger partial charge in [-0.05, 0) is 31.5 Å². The quantitative estimate of drug-likeness (QED) is 0.577. The minimum Gasteiger partial charge on any atom is -0.337 e. The molecule has 0 bridgehead atoms. The van der Waals surface area contributed by atoms with Crippen LogP contribution in [0.3, 0.4) is 0 Å². The van der Waals surface area contributed by atoms with Gasteiger partial charge in [-0.25, -0.2) is 14.3 Å². The van der Waals surface area contributed by atoms with Gasteiger partial charge < -0.3 is 10.2 Å². The average molecular weight is 449 g/mol. The first-order chi connectivity index (χ1) is 16.1. The summed E-state index contributed by atoms with van der Waals surface area (Å²) in [6.45, 7) is 4.39. The summed E-state index contributed by atoms with van der Waals surface area (Å²) in [5, 5.41) is 11.8. The fourth-order valence-electron chi connectivity index (χ4n) is 4.22. The Morgan fingerprint density at radius 2 is 1.97 bits per heavy atom. The van der Waals surface area contributed by atoms with E-state index in [9.17, 15) is 9.59 Å². The van der Waals surface area contributed by atoms with Crippen molar-refractivity contribution in [3.8, 4) is 0 Å².